The minimum absolute atomic E-state index is 0.000654. The van der Waals surface area contributed by atoms with Crippen LogP contribution in [0.25, 0.3) is 10.6 Å². The number of amides is 1. The maximum absolute atomic E-state index is 12.3. The number of carbonyl (C=O) groups excluding carboxylic acids is 1. The molecule has 1 fully saturated rings. The number of nitro groups is 1. The standard InChI is InChI=1S/C16H17N3O4S/c1-10(14-6-3-7-23-14)17-15(20)13-9-24-16(18-13)11-4-2-5-12(8-11)19(21)22/h2,4-5,8-10,14H,3,6-7H2,1H3,(H,17,20)/t10-,14+/m0/s1. The van der Waals surface area contributed by atoms with Crippen LogP contribution in [0.3, 0.4) is 0 Å². The summed E-state index contributed by atoms with van der Waals surface area (Å²) in [4.78, 5) is 27.0. The fraction of sp³-hybridized carbons (Fsp3) is 0.375. The van der Waals surface area contributed by atoms with E-state index in [0.29, 0.717) is 16.3 Å². The van der Waals surface area contributed by atoms with E-state index in [9.17, 15) is 14.9 Å². The van der Waals surface area contributed by atoms with Crippen LogP contribution in [0.4, 0.5) is 5.69 Å². The smallest absolute Gasteiger partial charge is 0.271 e. The van der Waals surface area contributed by atoms with Gasteiger partial charge in [-0.25, -0.2) is 4.98 Å². The van der Waals surface area contributed by atoms with Crippen molar-refractivity contribution in [3.05, 3.63) is 45.5 Å². The number of nitrogens with one attached hydrogen (secondary N) is 1. The predicted molar refractivity (Wildman–Crippen MR) is 90.1 cm³/mol. The summed E-state index contributed by atoms with van der Waals surface area (Å²) in [6.07, 6.45) is 2.00. The normalized spacial score (nSPS) is 18.3. The molecule has 1 amide bonds. The summed E-state index contributed by atoms with van der Waals surface area (Å²) in [5.74, 6) is -0.258. The molecule has 2 atom stereocenters. The highest BCUT2D eigenvalue weighted by atomic mass is 32.1. The Kier molecular flexibility index (Phi) is 4.86. The van der Waals surface area contributed by atoms with E-state index in [1.807, 2.05) is 6.92 Å². The molecule has 0 aliphatic carbocycles. The summed E-state index contributed by atoms with van der Waals surface area (Å²) in [7, 11) is 0. The highest BCUT2D eigenvalue weighted by Crippen LogP contribution is 2.27. The van der Waals surface area contributed by atoms with Crippen LogP contribution >= 0.6 is 11.3 Å². The maximum Gasteiger partial charge on any atom is 0.271 e. The van der Waals surface area contributed by atoms with Gasteiger partial charge in [-0.05, 0) is 19.8 Å². The van der Waals surface area contributed by atoms with E-state index in [1.165, 1.54) is 23.5 Å². The molecule has 0 unspecified atom stereocenters. The molecule has 1 aliphatic rings. The summed E-state index contributed by atoms with van der Waals surface area (Å²) in [6.45, 7) is 2.65. The molecule has 2 heterocycles. The predicted octanol–water partition coefficient (Wildman–Crippen LogP) is 3.02. The van der Waals surface area contributed by atoms with E-state index in [1.54, 1.807) is 17.5 Å². The van der Waals surface area contributed by atoms with Crippen LogP contribution in [0.2, 0.25) is 0 Å². The van der Waals surface area contributed by atoms with Gasteiger partial charge in [-0.2, -0.15) is 0 Å². The van der Waals surface area contributed by atoms with Crippen molar-refractivity contribution < 1.29 is 14.5 Å². The molecule has 24 heavy (non-hydrogen) atoms. The summed E-state index contributed by atoms with van der Waals surface area (Å²) < 4.78 is 5.57. The molecule has 1 aromatic carbocycles. The molecule has 126 valence electrons. The lowest BCUT2D eigenvalue weighted by Gasteiger charge is -2.19. The number of benzene rings is 1. The van der Waals surface area contributed by atoms with E-state index in [-0.39, 0.29) is 23.7 Å². The molecule has 7 nitrogen and oxygen atoms in total. The van der Waals surface area contributed by atoms with Crippen LogP contribution in [0.1, 0.15) is 30.3 Å². The number of aromatic nitrogens is 1. The second kappa shape index (κ2) is 7.06. The minimum Gasteiger partial charge on any atom is -0.376 e. The molecule has 0 spiro atoms. The van der Waals surface area contributed by atoms with E-state index in [4.69, 9.17) is 4.74 Å². The fourth-order valence-electron chi connectivity index (χ4n) is 2.63. The number of non-ortho nitro benzene ring substituents is 1. The molecule has 1 N–H and O–H groups in total. The third-order valence-corrected chi connectivity index (χ3v) is 4.81. The van der Waals surface area contributed by atoms with Crippen molar-refractivity contribution >= 4 is 22.9 Å². The van der Waals surface area contributed by atoms with E-state index < -0.39 is 4.92 Å². The van der Waals surface area contributed by atoms with Gasteiger partial charge in [0.2, 0.25) is 0 Å². The Hall–Kier alpha value is -2.32. The van der Waals surface area contributed by atoms with E-state index in [0.717, 1.165) is 19.4 Å². The van der Waals surface area contributed by atoms with Gasteiger partial charge >= 0.3 is 0 Å². The first kappa shape index (κ1) is 16.5. The number of thiazole rings is 1. The summed E-state index contributed by atoms with van der Waals surface area (Å²) >= 11 is 1.28. The maximum atomic E-state index is 12.3. The van der Waals surface area contributed by atoms with Crippen LogP contribution < -0.4 is 5.32 Å². The highest BCUT2D eigenvalue weighted by Gasteiger charge is 2.24. The summed E-state index contributed by atoms with van der Waals surface area (Å²) in [5, 5.41) is 16.0. The molecule has 2 aromatic rings. The fourth-order valence-corrected chi connectivity index (χ4v) is 3.43. The average molecular weight is 347 g/mol. The molecule has 8 heteroatoms. The Bertz CT molecular complexity index is 755. The Morgan fingerprint density at radius 1 is 1.54 bits per heavy atom. The molecule has 1 saturated heterocycles. The van der Waals surface area contributed by atoms with Crippen molar-refractivity contribution in [1.82, 2.24) is 10.3 Å². The van der Waals surface area contributed by atoms with E-state index in [2.05, 4.69) is 10.3 Å². The number of rotatable bonds is 5. The van der Waals surface area contributed by atoms with Crippen molar-refractivity contribution in [2.75, 3.05) is 6.61 Å². The third-order valence-electron chi connectivity index (χ3n) is 3.92. The van der Waals surface area contributed by atoms with Crippen LogP contribution in [0, 0.1) is 10.1 Å². The lowest BCUT2D eigenvalue weighted by molar-refractivity contribution is -0.384. The Morgan fingerprint density at radius 3 is 3.08 bits per heavy atom. The Balaban J connectivity index is 1.71. The summed E-state index contributed by atoms with van der Waals surface area (Å²) in [5.41, 5.74) is 0.937. The van der Waals surface area contributed by atoms with Crippen LogP contribution in [-0.2, 0) is 4.74 Å². The van der Waals surface area contributed by atoms with Crippen molar-refractivity contribution in [2.45, 2.75) is 31.9 Å². The van der Waals surface area contributed by atoms with Crippen LogP contribution in [-0.4, -0.2) is 34.6 Å². The first-order valence-corrected chi connectivity index (χ1v) is 8.55. The SMILES string of the molecule is C[C@H](NC(=O)c1csc(-c2cccc([N+](=O)[O-])c2)n1)[C@H]1CCCO1. The van der Waals surface area contributed by atoms with Gasteiger partial charge in [-0.1, -0.05) is 12.1 Å². The van der Waals surface area contributed by atoms with Gasteiger partial charge in [-0.3, -0.25) is 14.9 Å². The lowest BCUT2D eigenvalue weighted by atomic mass is 10.1. The molecule has 3 rings (SSSR count). The molecule has 0 bridgehead atoms. The van der Waals surface area contributed by atoms with Crippen LogP contribution in [0.5, 0.6) is 0 Å². The second-order valence-corrected chi connectivity index (χ2v) is 6.52. The first-order chi connectivity index (χ1) is 11.5. The second-order valence-electron chi connectivity index (χ2n) is 5.66. The van der Waals surface area contributed by atoms with Crippen LogP contribution in [0.15, 0.2) is 29.6 Å². The minimum atomic E-state index is -0.450. The molecule has 1 aliphatic heterocycles. The van der Waals surface area contributed by atoms with Gasteiger partial charge in [0.15, 0.2) is 0 Å². The van der Waals surface area contributed by atoms with Gasteiger partial charge in [-0.15, -0.1) is 11.3 Å². The largest absolute Gasteiger partial charge is 0.376 e. The van der Waals surface area contributed by atoms with Gasteiger partial charge in [0, 0.05) is 29.7 Å². The zero-order valence-electron chi connectivity index (χ0n) is 13.1. The number of ether oxygens (including phenoxy) is 1. The molecule has 0 radical (unpaired) electrons. The van der Waals surface area contributed by atoms with Crippen molar-refractivity contribution in [1.29, 1.82) is 0 Å². The van der Waals surface area contributed by atoms with Crippen molar-refractivity contribution in [3.63, 3.8) is 0 Å². The number of hydrogen-bond donors (Lipinski definition) is 1. The topological polar surface area (TPSA) is 94.4 Å². The highest BCUT2D eigenvalue weighted by molar-refractivity contribution is 7.13. The zero-order valence-corrected chi connectivity index (χ0v) is 13.9. The van der Waals surface area contributed by atoms with Gasteiger partial charge in [0.05, 0.1) is 17.1 Å². The zero-order chi connectivity index (χ0) is 17.1. The quantitative estimate of drug-likeness (QED) is 0.663. The monoisotopic (exact) mass is 347 g/mol. The number of nitrogens with zero attached hydrogens (tertiary/aromatic N) is 2. The van der Waals surface area contributed by atoms with Gasteiger partial charge < -0.3 is 10.1 Å². The number of nitro benzene ring substituents is 1. The number of hydrogen-bond acceptors (Lipinski definition) is 6. The van der Waals surface area contributed by atoms with Gasteiger partial charge in [0.25, 0.3) is 11.6 Å². The summed E-state index contributed by atoms with van der Waals surface area (Å²) in [6, 6.07) is 6.14. The Labute approximate surface area is 142 Å². The number of carbonyl (C=O) groups is 1. The molecule has 0 saturated carbocycles. The first-order valence-electron chi connectivity index (χ1n) is 7.67. The average Bonchev–Trinajstić information content (AvgIpc) is 3.26. The third kappa shape index (κ3) is 3.60. The molecule has 1 aromatic heterocycles. The van der Waals surface area contributed by atoms with Crippen molar-refractivity contribution in [2.24, 2.45) is 0 Å². The lowest BCUT2D eigenvalue weighted by Crippen LogP contribution is -2.40. The Morgan fingerprint density at radius 2 is 2.38 bits per heavy atom. The van der Waals surface area contributed by atoms with E-state index >= 15 is 0 Å². The van der Waals surface area contributed by atoms with Crippen molar-refractivity contribution in [3.8, 4) is 10.6 Å². The molecular formula is C16H17N3O4S. The molecular weight excluding hydrogens is 330 g/mol. The van der Waals surface area contributed by atoms with Gasteiger partial charge in [0.1, 0.15) is 10.7 Å².